The molecule has 1 heterocycles. The Morgan fingerprint density at radius 1 is 0.833 bits per heavy atom. The molecule has 0 radical (unpaired) electrons. The van der Waals surface area contributed by atoms with E-state index in [0.29, 0.717) is 5.92 Å². The molecule has 0 amide bonds. The fraction of sp³-hybridized carbons (Fsp3) is 0.294. The van der Waals surface area contributed by atoms with E-state index in [2.05, 4.69) is 69.4 Å². The summed E-state index contributed by atoms with van der Waals surface area (Å²) in [5.41, 5.74) is 4.55. The SMILES string of the molecule is CC(C)c1cccc2c1-c1ccccc1[Si]2(C)C. The molecule has 18 heavy (non-hydrogen) atoms. The van der Waals surface area contributed by atoms with Crippen LogP contribution in [0.4, 0.5) is 0 Å². The summed E-state index contributed by atoms with van der Waals surface area (Å²) in [7, 11) is -1.46. The highest BCUT2D eigenvalue weighted by atomic mass is 28.3. The molecule has 0 spiro atoms. The number of fused-ring (bicyclic) bond motifs is 3. The van der Waals surface area contributed by atoms with Gasteiger partial charge in [0.15, 0.2) is 0 Å². The lowest BCUT2D eigenvalue weighted by molar-refractivity contribution is 0.870. The first-order chi connectivity index (χ1) is 8.53. The lowest BCUT2D eigenvalue weighted by Crippen LogP contribution is -2.49. The normalized spacial score (nSPS) is 15.6. The van der Waals surface area contributed by atoms with Crippen LogP contribution < -0.4 is 10.4 Å². The zero-order valence-electron chi connectivity index (χ0n) is 11.6. The lowest BCUT2D eigenvalue weighted by atomic mass is 9.93. The molecule has 0 unspecified atom stereocenters. The van der Waals surface area contributed by atoms with Crippen molar-refractivity contribution in [1.29, 1.82) is 0 Å². The molecule has 0 N–H and O–H groups in total. The first-order valence-electron chi connectivity index (χ1n) is 6.76. The van der Waals surface area contributed by atoms with Crippen LogP contribution in [0.5, 0.6) is 0 Å². The Balaban J connectivity index is 2.40. The molecule has 3 rings (SSSR count). The summed E-state index contributed by atoms with van der Waals surface area (Å²) >= 11 is 0. The summed E-state index contributed by atoms with van der Waals surface area (Å²) in [6.07, 6.45) is 0. The van der Waals surface area contributed by atoms with Crippen LogP contribution in [0.25, 0.3) is 11.1 Å². The molecule has 2 aromatic rings. The van der Waals surface area contributed by atoms with Gasteiger partial charge < -0.3 is 0 Å². The summed E-state index contributed by atoms with van der Waals surface area (Å²) in [6.45, 7) is 9.54. The van der Waals surface area contributed by atoms with E-state index in [4.69, 9.17) is 0 Å². The molecule has 0 aliphatic carbocycles. The predicted molar refractivity (Wildman–Crippen MR) is 82.7 cm³/mol. The van der Waals surface area contributed by atoms with Gasteiger partial charge in [-0.25, -0.2) is 0 Å². The third-order valence-electron chi connectivity index (χ3n) is 4.26. The van der Waals surface area contributed by atoms with Gasteiger partial charge in [0, 0.05) is 0 Å². The standard InChI is InChI=1S/C17H20Si/c1-12(2)13-9-7-11-16-17(13)14-8-5-6-10-15(14)18(16,3)4/h5-12H,1-4H3. The highest BCUT2D eigenvalue weighted by Crippen LogP contribution is 2.33. The van der Waals surface area contributed by atoms with Crippen LogP contribution in [0.3, 0.4) is 0 Å². The van der Waals surface area contributed by atoms with Crippen LogP contribution in [0.1, 0.15) is 25.3 Å². The van der Waals surface area contributed by atoms with E-state index in [1.807, 2.05) is 0 Å². The molecule has 1 aliphatic rings. The van der Waals surface area contributed by atoms with Crippen molar-refractivity contribution in [2.24, 2.45) is 0 Å². The quantitative estimate of drug-likeness (QED) is 0.680. The van der Waals surface area contributed by atoms with E-state index in [1.54, 1.807) is 15.9 Å². The van der Waals surface area contributed by atoms with E-state index in [-0.39, 0.29) is 0 Å². The number of benzene rings is 2. The molecule has 0 bridgehead atoms. The maximum atomic E-state index is 2.47. The van der Waals surface area contributed by atoms with Gasteiger partial charge in [-0.2, -0.15) is 0 Å². The van der Waals surface area contributed by atoms with Gasteiger partial charge in [-0.05, 0) is 33.0 Å². The molecule has 0 aromatic heterocycles. The Labute approximate surface area is 111 Å². The Kier molecular flexibility index (Phi) is 2.49. The summed E-state index contributed by atoms with van der Waals surface area (Å²) < 4.78 is 0. The Morgan fingerprint density at radius 2 is 1.50 bits per heavy atom. The van der Waals surface area contributed by atoms with Crippen molar-refractivity contribution in [3.63, 3.8) is 0 Å². The van der Waals surface area contributed by atoms with Gasteiger partial charge >= 0.3 is 0 Å². The van der Waals surface area contributed by atoms with Crippen LogP contribution in [-0.2, 0) is 0 Å². The van der Waals surface area contributed by atoms with Crippen molar-refractivity contribution in [2.75, 3.05) is 0 Å². The van der Waals surface area contributed by atoms with Crippen LogP contribution in [0.15, 0.2) is 42.5 Å². The fourth-order valence-corrected chi connectivity index (χ4v) is 6.37. The van der Waals surface area contributed by atoms with Gasteiger partial charge in [0.2, 0.25) is 0 Å². The predicted octanol–water partition coefficient (Wildman–Crippen LogP) is 3.61. The number of hydrogen-bond donors (Lipinski definition) is 0. The van der Waals surface area contributed by atoms with Crippen molar-refractivity contribution in [3.8, 4) is 11.1 Å². The van der Waals surface area contributed by atoms with Gasteiger partial charge in [0.05, 0.1) is 0 Å². The van der Waals surface area contributed by atoms with E-state index < -0.39 is 8.07 Å². The average Bonchev–Trinajstić information content (AvgIpc) is 2.59. The van der Waals surface area contributed by atoms with Crippen molar-refractivity contribution in [2.45, 2.75) is 32.9 Å². The second-order valence-corrected chi connectivity index (χ2v) is 10.4. The monoisotopic (exact) mass is 252 g/mol. The lowest BCUT2D eigenvalue weighted by Gasteiger charge is -2.19. The minimum Gasteiger partial charge on any atom is -0.0623 e. The summed E-state index contributed by atoms with van der Waals surface area (Å²) in [5, 5.41) is 3.23. The number of hydrogen-bond acceptors (Lipinski definition) is 0. The molecule has 2 aromatic carbocycles. The molecule has 92 valence electrons. The zero-order valence-corrected chi connectivity index (χ0v) is 12.6. The van der Waals surface area contributed by atoms with Gasteiger partial charge in [0.1, 0.15) is 8.07 Å². The Morgan fingerprint density at radius 3 is 2.22 bits per heavy atom. The fourth-order valence-electron chi connectivity index (χ4n) is 3.26. The highest BCUT2D eigenvalue weighted by molar-refractivity contribution is 7.03. The minimum atomic E-state index is -1.46. The van der Waals surface area contributed by atoms with Crippen molar-refractivity contribution >= 4 is 18.4 Å². The first kappa shape index (κ1) is 11.7. The van der Waals surface area contributed by atoms with Crippen molar-refractivity contribution in [3.05, 3.63) is 48.0 Å². The van der Waals surface area contributed by atoms with Crippen LogP contribution >= 0.6 is 0 Å². The Hall–Kier alpha value is -1.34. The highest BCUT2D eigenvalue weighted by Gasteiger charge is 2.38. The summed E-state index contributed by atoms with van der Waals surface area (Å²) in [4.78, 5) is 0. The number of rotatable bonds is 1. The summed E-state index contributed by atoms with van der Waals surface area (Å²) in [6, 6.07) is 15.9. The van der Waals surface area contributed by atoms with Gasteiger partial charge in [-0.15, -0.1) is 0 Å². The van der Waals surface area contributed by atoms with E-state index in [0.717, 1.165) is 0 Å². The molecular weight excluding hydrogens is 232 g/mol. The zero-order chi connectivity index (χ0) is 12.9. The van der Waals surface area contributed by atoms with Crippen LogP contribution in [0.2, 0.25) is 13.1 Å². The third-order valence-corrected chi connectivity index (χ3v) is 7.81. The molecular formula is C17H20Si. The molecule has 0 saturated carbocycles. The van der Waals surface area contributed by atoms with Crippen LogP contribution in [-0.4, -0.2) is 8.07 Å². The van der Waals surface area contributed by atoms with E-state index in [9.17, 15) is 0 Å². The molecule has 0 saturated heterocycles. The molecule has 0 atom stereocenters. The first-order valence-corrected chi connectivity index (χ1v) is 9.76. The molecule has 1 aliphatic heterocycles. The molecule has 0 fully saturated rings. The Bertz CT molecular complexity index is 609. The van der Waals surface area contributed by atoms with E-state index in [1.165, 1.54) is 11.1 Å². The van der Waals surface area contributed by atoms with E-state index >= 15 is 0 Å². The van der Waals surface area contributed by atoms with Crippen molar-refractivity contribution < 1.29 is 0 Å². The van der Waals surface area contributed by atoms with Crippen LogP contribution in [0, 0.1) is 0 Å². The molecule has 1 heteroatoms. The van der Waals surface area contributed by atoms with Gasteiger partial charge in [-0.3, -0.25) is 0 Å². The smallest absolute Gasteiger partial charge is 0.0623 e. The average molecular weight is 252 g/mol. The molecule has 0 nitrogen and oxygen atoms in total. The second-order valence-electron chi connectivity index (χ2n) is 6.10. The van der Waals surface area contributed by atoms with Gasteiger partial charge in [0.25, 0.3) is 0 Å². The topological polar surface area (TPSA) is 0 Å². The van der Waals surface area contributed by atoms with Crippen molar-refractivity contribution in [1.82, 2.24) is 0 Å². The third kappa shape index (κ3) is 1.43. The summed E-state index contributed by atoms with van der Waals surface area (Å²) in [5.74, 6) is 0.593. The van der Waals surface area contributed by atoms with Gasteiger partial charge in [-0.1, -0.05) is 69.4 Å². The maximum Gasteiger partial charge on any atom is 0.113 e. The second kappa shape index (κ2) is 3.82. The maximum absolute atomic E-state index is 2.47. The minimum absolute atomic E-state index is 0.593. The largest absolute Gasteiger partial charge is 0.113 e.